The second kappa shape index (κ2) is 8.85. The highest BCUT2D eigenvalue weighted by Gasteiger charge is 2.18. The van der Waals surface area contributed by atoms with Crippen LogP contribution < -0.4 is 5.63 Å². The molecule has 0 aliphatic carbocycles. The van der Waals surface area contributed by atoms with E-state index in [4.69, 9.17) is 4.42 Å². The van der Waals surface area contributed by atoms with Crippen molar-refractivity contribution in [1.82, 2.24) is 14.8 Å². The molecule has 170 valence electrons. The van der Waals surface area contributed by atoms with Crippen molar-refractivity contribution in [3.05, 3.63) is 119 Å². The standard InChI is InChI=1S/C28H18FN3O2S/c29-21-11-13-22(14-12-21)32-27(19-7-2-1-3-8-19)30-31-28(32)35-17-20-16-25(33)34-24-15-10-18-6-4-5-9-23(18)26(20)24/h1-16H,17H2. The third kappa shape index (κ3) is 4.00. The Morgan fingerprint density at radius 1 is 0.857 bits per heavy atom. The predicted molar refractivity (Wildman–Crippen MR) is 136 cm³/mol. The number of nitrogens with zero attached hydrogens (tertiary/aromatic N) is 3. The minimum Gasteiger partial charge on any atom is -0.423 e. The van der Waals surface area contributed by atoms with Crippen molar-refractivity contribution in [3.63, 3.8) is 0 Å². The van der Waals surface area contributed by atoms with E-state index in [2.05, 4.69) is 10.2 Å². The zero-order valence-electron chi connectivity index (χ0n) is 18.4. The van der Waals surface area contributed by atoms with Gasteiger partial charge in [-0.05, 0) is 46.7 Å². The van der Waals surface area contributed by atoms with Crippen LogP contribution in [0.15, 0.2) is 111 Å². The fourth-order valence-electron chi connectivity index (χ4n) is 4.24. The van der Waals surface area contributed by atoms with Crippen LogP contribution in [0, 0.1) is 5.82 Å². The SMILES string of the molecule is O=c1cc(CSc2nnc(-c3ccccc3)n2-c2ccc(F)cc2)c2c(ccc3ccccc32)o1. The van der Waals surface area contributed by atoms with Crippen molar-refractivity contribution in [2.24, 2.45) is 0 Å². The summed E-state index contributed by atoms with van der Waals surface area (Å²) < 4.78 is 21.1. The summed E-state index contributed by atoms with van der Waals surface area (Å²) in [5, 5.41) is 12.5. The van der Waals surface area contributed by atoms with Crippen LogP contribution in [0.5, 0.6) is 0 Å². The number of fused-ring (bicyclic) bond motifs is 3. The van der Waals surface area contributed by atoms with Crippen molar-refractivity contribution in [3.8, 4) is 17.1 Å². The van der Waals surface area contributed by atoms with E-state index in [1.54, 1.807) is 18.2 Å². The molecule has 0 N–H and O–H groups in total. The minimum absolute atomic E-state index is 0.313. The number of aromatic nitrogens is 3. The lowest BCUT2D eigenvalue weighted by Gasteiger charge is -2.11. The lowest BCUT2D eigenvalue weighted by molar-refractivity contribution is 0.560. The first-order valence-corrected chi connectivity index (χ1v) is 12.0. The molecule has 0 unspecified atom stereocenters. The van der Waals surface area contributed by atoms with E-state index in [-0.39, 0.29) is 5.82 Å². The summed E-state index contributed by atoms with van der Waals surface area (Å²) in [5.74, 6) is 0.818. The molecule has 6 rings (SSSR count). The van der Waals surface area contributed by atoms with Gasteiger partial charge in [-0.3, -0.25) is 4.57 Å². The molecule has 0 bridgehead atoms. The van der Waals surface area contributed by atoms with Crippen LogP contribution in [-0.2, 0) is 5.75 Å². The van der Waals surface area contributed by atoms with Crippen LogP contribution in [0.1, 0.15) is 5.56 Å². The maximum atomic E-state index is 13.7. The molecule has 2 aromatic heterocycles. The van der Waals surface area contributed by atoms with E-state index >= 15 is 0 Å². The number of hydrogen-bond acceptors (Lipinski definition) is 5. The van der Waals surface area contributed by atoms with Gasteiger partial charge in [-0.1, -0.05) is 72.4 Å². The molecule has 2 heterocycles. The van der Waals surface area contributed by atoms with Gasteiger partial charge in [-0.2, -0.15) is 0 Å². The molecule has 35 heavy (non-hydrogen) atoms. The maximum absolute atomic E-state index is 13.7. The number of hydrogen-bond donors (Lipinski definition) is 0. The van der Waals surface area contributed by atoms with Crippen LogP contribution in [0.4, 0.5) is 4.39 Å². The molecule has 0 aliphatic rings. The summed E-state index contributed by atoms with van der Waals surface area (Å²) in [7, 11) is 0. The molecule has 7 heteroatoms. The molecule has 6 aromatic rings. The van der Waals surface area contributed by atoms with Crippen LogP contribution >= 0.6 is 11.8 Å². The van der Waals surface area contributed by atoms with E-state index < -0.39 is 5.63 Å². The van der Waals surface area contributed by atoms with Gasteiger partial charge in [0.2, 0.25) is 0 Å². The van der Waals surface area contributed by atoms with Crippen LogP contribution in [-0.4, -0.2) is 14.8 Å². The van der Waals surface area contributed by atoms with Gasteiger partial charge in [0.15, 0.2) is 11.0 Å². The summed E-state index contributed by atoms with van der Waals surface area (Å²) in [4.78, 5) is 12.3. The third-order valence-electron chi connectivity index (χ3n) is 5.82. The van der Waals surface area contributed by atoms with Gasteiger partial charge in [0, 0.05) is 28.5 Å². The largest absolute Gasteiger partial charge is 0.423 e. The molecule has 0 aliphatic heterocycles. The normalized spacial score (nSPS) is 11.3. The van der Waals surface area contributed by atoms with Gasteiger partial charge in [0.1, 0.15) is 11.4 Å². The summed E-state index contributed by atoms with van der Waals surface area (Å²) in [6.07, 6.45) is 0. The van der Waals surface area contributed by atoms with Crippen molar-refractivity contribution in [2.45, 2.75) is 10.9 Å². The smallest absolute Gasteiger partial charge is 0.336 e. The molecule has 5 nitrogen and oxygen atoms in total. The van der Waals surface area contributed by atoms with Crippen LogP contribution in [0.25, 0.3) is 38.8 Å². The average molecular weight is 480 g/mol. The number of benzene rings is 4. The Balaban J connectivity index is 1.46. The average Bonchev–Trinajstić information content (AvgIpc) is 3.32. The zero-order valence-corrected chi connectivity index (χ0v) is 19.2. The summed E-state index contributed by atoms with van der Waals surface area (Å²) in [6.45, 7) is 0. The summed E-state index contributed by atoms with van der Waals surface area (Å²) in [5.41, 5.74) is 2.66. The summed E-state index contributed by atoms with van der Waals surface area (Å²) >= 11 is 1.46. The molecule has 0 radical (unpaired) electrons. The Hall–Kier alpha value is -4.23. The first kappa shape index (κ1) is 21.3. The second-order valence-electron chi connectivity index (χ2n) is 8.02. The fourth-order valence-corrected chi connectivity index (χ4v) is 5.17. The van der Waals surface area contributed by atoms with Crippen molar-refractivity contribution in [2.75, 3.05) is 0 Å². The minimum atomic E-state index is -0.395. The van der Waals surface area contributed by atoms with E-state index in [9.17, 15) is 9.18 Å². The topological polar surface area (TPSA) is 60.9 Å². The Labute approximate surface area is 203 Å². The van der Waals surface area contributed by atoms with Crippen molar-refractivity contribution < 1.29 is 8.81 Å². The highest BCUT2D eigenvalue weighted by molar-refractivity contribution is 7.98. The quantitative estimate of drug-likeness (QED) is 0.158. The van der Waals surface area contributed by atoms with Gasteiger partial charge < -0.3 is 4.42 Å². The molecule has 0 spiro atoms. The summed E-state index contributed by atoms with van der Waals surface area (Å²) in [6, 6.07) is 29.3. The Morgan fingerprint density at radius 3 is 2.46 bits per heavy atom. The van der Waals surface area contributed by atoms with E-state index in [0.29, 0.717) is 22.3 Å². The molecule has 4 aromatic carbocycles. The Morgan fingerprint density at radius 2 is 1.63 bits per heavy atom. The lowest BCUT2D eigenvalue weighted by Crippen LogP contribution is -2.02. The molecule has 0 saturated heterocycles. The van der Waals surface area contributed by atoms with Gasteiger partial charge in [0.05, 0.1) is 0 Å². The molecule has 0 atom stereocenters. The Kier molecular flexibility index (Phi) is 5.39. The number of thioether (sulfide) groups is 1. The van der Waals surface area contributed by atoms with Gasteiger partial charge in [-0.25, -0.2) is 9.18 Å². The van der Waals surface area contributed by atoms with E-state index in [1.165, 1.54) is 23.9 Å². The van der Waals surface area contributed by atoms with Gasteiger partial charge in [0.25, 0.3) is 0 Å². The predicted octanol–water partition coefficient (Wildman–Crippen LogP) is 6.63. The highest BCUT2D eigenvalue weighted by Crippen LogP contribution is 2.33. The lowest BCUT2D eigenvalue weighted by atomic mass is 10.0. The molecular formula is C28H18FN3O2S. The molecular weight excluding hydrogens is 461 g/mol. The number of rotatable bonds is 5. The van der Waals surface area contributed by atoms with E-state index in [0.717, 1.165) is 33.0 Å². The zero-order chi connectivity index (χ0) is 23.8. The van der Waals surface area contributed by atoms with Crippen molar-refractivity contribution in [1.29, 1.82) is 0 Å². The van der Waals surface area contributed by atoms with Gasteiger partial charge in [-0.15, -0.1) is 10.2 Å². The monoisotopic (exact) mass is 479 g/mol. The van der Waals surface area contributed by atoms with Crippen LogP contribution in [0.3, 0.4) is 0 Å². The molecule has 0 saturated carbocycles. The van der Waals surface area contributed by atoms with E-state index in [1.807, 2.05) is 71.3 Å². The molecule has 0 fully saturated rings. The van der Waals surface area contributed by atoms with Crippen LogP contribution in [0.2, 0.25) is 0 Å². The maximum Gasteiger partial charge on any atom is 0.336 e. The Bertz CT molecular complexity index is 1730. The third-order valence-corrected chi connectivity index (χ3v) is 6.80. The highest BCUT2D eigenvalue weighted by atomic mass is 32.2. The number of halogens is 1. The van der Waals surface area contributed by atoms with Crippen molar-refractivity contribution >= 4 is 33.5 Å². The second-order valence-corrected chi connectivity index (χ2v) is 8.97. The first-order chi connectivity index (χ1) is 17.2. The first-order valence-electron chi connectivity index (χ1n) is 11.0. The molecule has 0 amide bonds. The fraction of sp³-hybridized carbons (Fsp3) is 0.0357. The van der Waals surface area contributed by atoms with Gasteiger partial charge >= 0.3 is 5.63 Å².